The molecule has 1 aromatic rings. The monoisotopic (exact) mass is 573 g/mol. The fraction of sp³-hybridized carbons (Fsp3) is 0.316. The van der Waals surface area contributed by atoms with Crippen LogP contribution in [0.3, 0.4) is 0 Å². The van der Waals surface area contributed by atoms with Gasteiger partial charge in [0.2, 0.25) is 11.4 Å². The summed E-state index contributed by atoms with van der Waals surface area (Å²) in [6, 6.07) is 8.23. The average molecular weight is 574 g/mol. The zero-order valence-electron chi connectivity index (χ0n) is 25.6. The third-order valence-electron chi connectivity index (χ3n) is 8.67. The lowest BCUT2D eigenvalue weighted by molar-refractivity contribution is -0.428. The molecule has 1 saturated heterocycles. The fourth-order valence-electron chi connectivity index (χ4n) is 6.39. The highest BCUT2D eigenvalue weighted by molar-refractivity contribution is 6.07. The van der Waals surface area contributed by atoms with Gasteiger partial charge in [-0.15, -0.1) is 0 Å². The summed E-state index contributed by atoms with van der Waals surface area (Å²) in [5, 5.41) is 9.65. The molecule has 1 N–H and O–H groups in total. The molecule has 0 aromatic heterocycles. The Morgan fingerprint density at radius 1 is 1.19 bits per heavy atom. The van der Waals surface area contributed by atoms with Gasteiger partial charge in [0.15, 0.2) is 12.4 Å². The van der Waals surface area contributed by atoms with Crippen molar-refractivity contribution in [3.8, 4) is 11.8 Å². The van der Waals surface area contributed by atoms with E-state index in [1.165, 1.54) is 5.57 Å². The number of allylic oxidation sites excluding steroid dienone is 11. The van der Waals surface area contributed by atoms with Crippen molar-refractivity contribution in [2.45, 2.75) is 58.6 Å². The lowest BCUT2D eigenvalue weighted by atomic mass is 9.78. The van der Waals surface area contributed by atoms with Gasteiger partial charge < -0.3 is 14.7 Å². The van der Waals surface area contributed by atoms with Gasteiger partial charge >= 0.3 is 5.97 Å². The Balaban J connectivity index is 1.54. The Morgan fingerprint density at radius 3 is 2.74 bits per heavy atom. The summed E-state index contributed by atoms with van der Waals surface area (Å²) in [7, 11) is 0. The van der Waals surface area contributed by atoms with Crippen molar-refractivity contribution in [3.63, 3.8) is 0 Å². The predicted molar refractivity (Wildman–Crippen MR) is 175 cm³/mol. The molecule has 220 valence electrons. The van der Waals surface area contributed by atoms with E-state index in [0.717, 1.165) is 53.4 Å². The molecule has 1 aromatic carbocycles. The average Bonchev–Trinajstić information content (AvgIpc) is 3.37. The minimum absolute atomic E-state index is 0.00621. The van der Waals surface area contributed by atoms with Crippen LogP contribution in [0.1, 0.15) is 58.1 Å². The second-order valence-electron chi connectivity index (χ2n) is 12.0. The number of benzene rings is 1. The molecule has 0 saturated carbocycles. The minimum Gasteiger partial charge on any atom is -0.481 e. The second kappa shape index (κ2) is 12.4. The van der Waals surface area contributed by atoms with Gasteiger partial charge in [-0.2, -0.15) is 4.58 Å². The Labute approximate surface area is 256 Å². The first kappa shape index (κ1) is 29.9. The number of fused-ring (bicyclic) bond motifs is 3. The Kier molecular flexibility index (Phi) is 8.59. The normalized spacial score (nSPS) is 26.1. The smallest absolute Gasteiger partial charge is 0.309 e. The molecule has 5 rings (SSSR count). The van der Waals surface area contributed by atoms with Gasteiger partial charge in [-0.25, -0.2) is 0 Å². The first-order valence-electron chi connectivity index (χ1n) is 15.1. The summed E-state index contributed by atoms with van der Waals surface area (Å²) in [5.74, 6) is 6.71. The van der Waals surface area contributed by atoms with Gasteiger partial charge in [0.05, 0.1) is 16.5 Å². The lowest BCUT2D eigenvalue weighted by Crippen LogP contribution is -2.46. The third-order valence-corrected chi connectivity index (χ3v) is 8.67. The number of rotatable bonds is 6. The van der Waals surface area contributed by atoms with Crippen LogP contribution >= 0.6 is 0 Å². The Morgan fingerprint density at radius 2 is 1.98 bits per heavy atom. The van der Waals surface area contributed by atoms with Gasteiger partial charge in [0.25, 0.3) is 0 Å². The van der Waals surface area contributed by atoms with Crippen LogP contribution in [0, 0.1) is 17.3 Å². The molecule has 2 unspecified atom stereocenters. The molecule has 0 spiro atoms. The number of ether oxygens (including phenoxy) is 1. The van der Waals surface area contributed by atoms with Crippen LogP contribution < -0.4 is 0 Å². The van der Waals surface area contributed by atoms with Crippen molar-refractivity contribution in [3.05, 3.63) is 120 Å². The van der Waals surface area contributed by atoms with Gasteiger partial charge in [-0.1, -0.05) is 80.2 Å². The van der Waals surface area contributed by atoms with Gasteiger partial charge in [0.1, 0.15) is 12.5 Å². The third kappa shape index (κ3) is 5.75. The van der Waals surface area contributed by atoms with E-state index in [4.69, 9.17) is 4.74 Å². The maximum absolute atomic E-state index is 11.8. The van der Waals surface area contributed by atoms with Crippen molar-refractivity contribution in [1.82, 2.24) is 4.90 Å². The van der Waals surface area contributed by atoms with E-state index in [9.17, 15) is 9.90 Å². The first-order valence-corrected chi connectivity index (χ1v) is 15.1. The number of nitrogens with zero attached hydrogens (tertiary/aromatic N) is 2. The molecular formula is C38H41N2O3+. The van der Waals surface area contributed by atoms with Crippen LogP contribution in [0.4, 0.5) is 0 Å². The summed E-state index contributed by atoms with van der Waals surface area (Å²) in [6.45, 7) is 14.3. The number of carboxylic acid groups (broad SMARTS) is 1. The van der Waals surface area contributed by atoms with E-state index in [-0.39, 0.29) is 18.1 Å². The summed E-state index contributed by atoms with van der Waals surface area (Å²) in [6.07, 6.45) is 24.2. The molecular weight excluding hydrogens is 532 g/mol. The predicted octanol–water partition coefficient (Wildman–Crippen LogP) is 7.29. The molecule has 0 bridgehead atoms. The highest BCUT2D eigenvalue weighted by Gasteiger charge is 2.48. The van der Waals surface area contributed by atoms with Crippen LogP contribution in [0.25, 0.3) is 11.3 Å². The summed E-state index contributed by atoms with van der Waals surface area (Å²) in [5.41, 5.74) is 5.54. The highest BCUT2D eigenvalue weighted by Crippen LogP contribution is 2.45. The maximum atomic E-state index is 11.8. The molecule has 2 atom stereocenters. The second-order valence-corrected chi connectivity index (χ2v) is 12.0. The molecule has 5 nitrogen and oxygen atoms in total. The standard InChI is InChI=1S/C38H40N2O3/c1-6-26-40-34(43-33-22-15-16-25-38(33,40)5)23-12-8-11-21-32-37(3,4)31-20-10-7-9-17-28(2)29-18-13-14-19-30(29)36(31)39(32)27-24-35(41)42/h7-10,12-19,22-23,25,33H,2,6,20,24,26-27H2,1,3-5H3/p+1/b10-7-,17-9-. The number of carbonyl (C=O) groups is 1. The van der Waals surface area contributed by atoms with E-state index in [1.807, 2.05) is 48.6 Å². The molecule has 4 aliphatic rings. The Bertz CT molecular complexity index is 1630. The van der Waals surface area contributed by atoms with Crippen LogP contribution in [-0.4, -0.2) is 51.0 Å². The number of aliphatic carboxylic acids is 1. The molecule has 2 aliphatic carbocycles. The molecule has 0 amide bonds. The van der Waals surface area contributed by atoms with Crippen molar-refractivity contribution in [1.29, 1.82) is 0 Å². The van der Waals surface area contributed by atoms with Gasteiger partial charge in [-0.05, 0) is 75.1 Å². The van der Waals surface area contributed by atoms with Crippen molar-refractivity contribution in [2.24, 2.45) is 5.41 Å². The number of carboxylic acids is 1. The molecule has 0 radical (unpaired) electrons. The van der Waals surface area contributed by atoms with Crippen LogP contribution in [0.5, 0.6) is 0 Å². The van der Waals surface area contributed by atoms with Crippen LogP contribution in [-0.2, 0) is 9.53 Å². The van der Waals surface area contributed by atoms with E-state index in [0.29, 0.717) is 6.54 Å². The maximum Gasteiger partial charge on any atom is 0.309 e. The first-order chi connectivity index (χ1) is 20.7. The molecule has 2 aliphatic heterocycles. The van der Waals surface area contributed by atoms with E-state index in [1.54, 1.807) is 0 Å². The topological polar surface area (TPSA) is 52.8 Å². The minimum atomic E-state index is -0.835. The van der Waals surface area contributed by atoms with Crippen LogP contribution in [0.15, 0.2) is 109 Å². The van der Waals surface area contributed by atoms with Gasteiger partial charge in [0, 0.05) is 18.0 Å². The van der Waals surface area contributed by atoms with Crippen molar-refractivity contribution in [2.75, 3.05) is 13.1 Å². The van der Waals surface area contributed by atoms with E-state index in [2.05, 4.69) is 98.1 Å². The number of hydrogen-bond acceptors (Lipinski definition) is 3. The lowest BCUT2D eigenvalue weighted by Gasteiger charge is -2.34. The zero-order chi connectivity index (χ0) is 30.6. The fourth-order valence-corrected chi connectivity index (χ4v) is 6.39. The van der Waals surface area contributed by atoms with Crippen molar-refractivity contribution < 1.29 is 19.2 Å². The van der Waals surface area contributed by atoms with E-state index >= 15 is 0 Å². The quantitative estimate of drug-likeness (QED) is 0.287. The van der Waals surface area contributed by atoms with Crippen molar-refractivity contribution >= 4 is 23.0 Å². The molecule has 5 heteroatoms. The molecule has 43 heavy (non-hydrogen) atoms. The van der Waals surface area contributed by atoms with Gasteiger partial charge in [-0.3, -0.25) is 4.79 Å². The summed E-state index contributed by atoms with van der Waals surface area (Å²) >= 11 is 0. The van der Waals surface area contributed by atoms with E-state index < -0.39 is 11.4 Å². The summed E-state index contributed by atoms with van der Waals surface area (Å²) < 4.78 is 8.45. The molecule has 2 heterocycles. The Hall–Kier alpha value is -4.56. The SMILES string of the molecule is C=C1/C=C\C=C/CC2=C(c3ccccc31)[N+](CCC(=O)O)=C(C#C/C=C/C=C1/OC3C=CC=CC3(C)N1CCC)C2(C)C. The number of hydrogen-bond donors (Lipinski definition) is 1. The summed E-state index contributed by atoms with van der Waals surface area (Å²) in [4.78, 5) is 14.1. The highest BCUT2D eigenvalue weighted by atomic mass is 16.5. The van der Waals surface area contributed by atoms with Crippen LogP contribution in [0.2, 0.25) is 0 Å². The zero-order valence-corrected chi connectivity index (χ0v) is 25.6. The largest absolute Gasteiger partial charge is 0.481 e. The molecule has 1 fully saturated rings.